The fourth-order valence-corrected chi connectivity index (χ4v) is 5.00. The number of hydrogen-bond donors (Lipinski definition) is 1. The number of ether oxygens (including phenoxy) is 3. The first-order chi connectivity index (χ1) is 15.5. The molecule has 1 spiro atoms. The van der Waals surface area contributed by atoms with E-state index in [9.17, 15) is 4.79 Å². The summed E-state index contributed by atoms with van der Waals surface area (Å²) < 4.78 is 16.3. The number of benzene rings is 2. The van der Waals surface area contributed by atoms with Crippen LogP contribution in [0.4, 0.5) is 5.69 Å². The molecule has 7 heteroatoms. The van der Waals surface area contributed by atoms with E-state index in [-0.39, 0.29) is 17.2 Å². The van der Waals surface area contributed by atoms with Crippen LogP contribution in [0.25, 0.3) is 0 Å². The normalized spacial score (nSPS) is 19.4. The van der Waals surface area contributed by atoms with Gasteiger partial charge in [-0.25, -0.2) is 0 Å². The maximum absolute atomic E-state index is 12.8. The van der Waals surface area contributed by atoms with Crippen molar-refractivity contribution >= 4 is 23.2 Å². The van der Waals surface area contributed by atoms with Crippen LogP contribution in [0.15, 0.2) is 36.4 Å². The van der Waals surface area contributed by atoms with Gasteiger partial charge in [-0.3, -0.25) is 9.69 Å². The Labute approximate surface area is 194 Å². The molecule has 32 heavy (non-hydrogen) atoms. The van der Waals surface area contributed by atoms with Gasteiger partial charge in [0.2, 0.25) is 5.91 Å². The van der Waals surface area contributed by atoms with Crippen molar-refractivity contribution < 1.29 is 19.0 Å². The van der Waals surface area contributed by atoms with Crippen LogP contribution in [-0.2, 0) is 11.3 Å². The molecule has 1 N–H and O–H groups in total. The Kier molecular flexibility index (Phi) is 6.82. The summed E-state index contributed by atoms with van der Waals surface area (Å²) in [6.07, 6.45) is 3.05. The van der Waals surface area contributed by atoms with Crippen molar-refractivity contribution in [1.29, 1.82) is 0 Å². The van der Waals surface area contributed by atoms with Crippen molar-refractivity contribution in [2.24, 2.45) is 11.3 Å². The average molecular weight is 459 g/mol. The second kappa shape index (κ2) is 9.59. The minimum absolute atomic E-state index is 0.0797. The number of piperidine rings is 1. The summed E-state index contributed by atoms with van der Waals surface area (Å²) in [6.45, 7) is 5.45. The molecule has 0 bridgehead atoms. The van der Waals surface area contributed by atoms with E-state index in [2.05, 4.69) is 22.3 Å². The highest BCUT2D eigenvalue weighted by Crippen LogP contribution is 2.59. The van der Waals surface area contributed by atoms with E-state index in [1.165, 1.54) is 5.56 Å². The molecule has 2 aromatic carbocycles. The fraction of sp³-hybridized carbons (Fsp3) is 0.480. The van der Waals surface area contributed by atoms with Gasteiger partial charge in [-0.2, -0.15) is 0 Å². The molecular formula is C25H31ClN2O4. The van der Waals surface area contributed by atoms with Gasteiger partial charge in [0.25, 0.3) is 0 Å². The van der Waals surface area contributed by atoms with Crippen molar-refractivity contribution in [2.45, 2.75) is 32.7 Å². The molecule has 2 aliphatic rings. The minimum Gasteiger partial charge on any atom is -0.495 e. The van der Waals surface area contributed by atoms with E-state index in [1.807, 2.05) is 19.1 Å². The summed E-state index contributed by atoms with van der Waals surface area (Å²) >= 11 is 6.18. The van der Waals surface area contributed by atoms with Crippen LogP contribution in [0, 0.1) is 11.3 Å². The van der Waals surface area contributed by atoms with Gasteiger partial charge in [-0.05, 0) is 80.6 Å². The van der Waals surface area contributed by atoms with E-state index in [0.717, 1.165) is 50.4 Å². The Morgan fingerprint density at radius 1 is 1.09 bits per heavy atom. The predicted molar refractivity (Wildman–Crippen MR) is 126 cm³/mol. The average Bonchev–Trinajstić information content (AvgIpc) is 3.50. The Hall–Kier alpha value is -2.44. The first-order valence-corrected chi connectivity index (χ1v) is 11.5. The minimum atomic E-state index is 0.0797. The van der Waals surface area contributed by atoms with E-state index < -0.39 is 0 Å². The maximum atomic E-state index is 12.8. The lowest BCUT2D eigenvalue weighted by Gasteiger charge is -2.33. The van der Waals surface area contributed by atoms with Crippen LogP contribution in [0.3, 0.4) is 0 Å². The van der Waals surface area contributed by atoms with Crippen LogP contribution in [0.2, 0.25) is 5.02 Å². The van der Waals surface area contributed by atoms with Crippen molar-refractivity contribution in [1.82, 2.24) is 4.90 Å². The second-order valence-corrected chi connectivity index (χ2v) is 9.06. The summed E-state index contributed by atoms with van der Waals surface area (Å²) in [7, 11) is 3.24. The number of nitrogens with one attached hydrogen (secondary N) is 1. The van der Waals surface area contributed by atoms with Crippen molar-refractivity contribution in [3.8, 4) is 17.2 Å². The van der Waals surface area contributed by atoms with E-state index in [0.29, 0.717) is 23.1 Å². The predicted octanol–water partition coefficient (Wildman–Crippen LogP) is 5.00. The lowest BCUT2D eigenvalue weighted by atomic mass is 9.90. The number of rotatable bonds is 8. The number of hydrogen-bond acceptors (Lipinski definition) is 5. The Balaban J connectivity index is 1.30. The largest absolute Gasteiger partial charge is 0.495 e. The van der Waals surface area contributed by atoms with Gasteiger partial charge >= 0.3 is 0 Å². The van der Waals surface area contributed by atoms with Crippen molar-refractivity contribution in [3.05, 3.63) is 47.0 Å². The molecule has 1 heterocycles. The van der Waals surface area contributed by atoms with Gasteiger partial charge in [0.1, 0.15) is 5.75 Å². The zero-order valence-corrected chi connectivity index (χ0v) is 19.7. The summed E-state index contributed by atoms with van der Waals surface area (Å²) in [5, 5.41) is 3.52. The molecule has 1 aliphatic heterocycles. The Morgan fingerprint density at radius 3 is 2.47 bits per heavy atom. The van der Waals surface area contributed by atoms with Gasteiger partial charge in [0, 0.05) is 18.2 Å². The molecular weight excluding hydrogens is 428 g/mol. The van der Waals surface area contributed by atoms with Crippen molar-refractivity contribution in [3.63, 3.8) is 0 Å². The van der Waals surface area contributed by atoms with Crippen LogP contribution < -0.4 is 19.5 Å². The third kappa shape index (κ3) is 4.81. The molecule has 172 valence electrons. The molecule has 1 saturated carbocycles. The monoisotopic (exact) mass is 458 g/mol. The van der Waals surface area contributed by atoms with Crippen molar-refractivity contribution in [2.75, 3.05) is 39.2 Å². The maximum Gasteiger partial charge on any atom is 0.228 e. The van der Waals surface area contributed by atoms with Gasteiger partial charge in [-0.1, -0.05) is 17.7 Å². The van der Waals surface area contributed by atoms with E-state index in [1.54, 1.807) is 26.4 Å². The zero-order valence-electron chi connectivity index (χ0n) is 18.9. The topological polar surface area (TPSA) is 60.0 Å². The standard InChI is InChI=1S/C25H31ClN2O4/c1-4-32-23-13-17(5-7-22(23)31-3)16-28-11-9-25(10-12-28)15-19(25)24(29)27-18-6-8-21(30-2)20(26)14-18/h5-8,13-14,19H,4,9-12,15-16H2,1-3H3,(H,27,29)/t19-/m0/s1. The summed E-state index contributed by atoms with van der Waals surface area (Å²) in [5.74, 6) is 2.33. The summed E-state index contributed by atoms with van der Waals surface area (Å²) in [4.78, 5) is 15.3. The highest BCUT2D eigenvalue weighted by atomic mass is 35.5. The van der Waals surface area contributed by atoms with Crippen LogP contribution >= 0.6 is 11.6 Å². The highest BCUT2D eigenvalue weighted by Gasteiger charge is 2.58. The highest BCUT2D eigenvalue weighted by molar-refractivity contribution is 6.32. The summed E-state index contributed by atoms with van der Waals surface area (Å²) in [5.41, 5.74) is 2.07. The number of methoxy groups -OCH3 is 2. The fourth-order valence-electron chi connectivity index (χ4n) is 4.75. The molecule has 4 rings (SSSR count). The SMILES string of the molecule is CCOc1cc(CN2CCC3(CC2)C[C@H]3C(=O)Nc2ccc(OC)c(Cl)c2)ccc1OC. The number of halogens is 1. The molecule has 0 aromatic heterocycles. The molecule has 1 aliphatic carbocycles. The van der Waals surface area contributed by atoms with Crippen LogP contribution in [0.5, 0.6) is 17.2 Å². The first kappa shape index (κ1) is 22.7. The molecule has 0 radical (unpaired) electrons. The lowest BCUT2D eigenvalue weighted by molar-refractivity contribution is -0.118. The molecule has 6 nitrogen and oxygen atoms in total. The Bertz CT molecular complexity index is 972. The molecule has 1 saturated heterocycles. The molecule has 1 atom stereocenters. The molecule has 2 fully saturated rings. The number of carbonyl (C=O) groups excluding carboxylic acids is 1. The number of carbonyl (C=O) groups is 1. The first-order valence-electron chi connectivity index (χ1n) is 11.1. The van der Waals surface area contributed by atoms with E-state index in [4.69, 9.17) is 25.8 Å². The summed E-state index contributed by atoms with van der Waals surface area (Å²) in [6, 6.07) is 11.5. The van der Waals surface area contributed by atoms with Gasteiger partial charge in [0.15, 0.2) is 11.5 Å². The number of amides is 1. The molecule has 2 aromatic rings. The van der Waals surface area contributed by atoms with Gasteiger partial charge < -0.3 is 19.5 Å². The number of likely N-dealkylation sites (tertiary alicyclic amines) is 1. The molecule has 0 unspecified atom stereocenters. The van der Waals surface area contributed by atoms with Gasteiger partial charge in [-0.15, -0.1) is 0 Å². The number of anilines is 1. The number of nitrogens with zero attached hydrogens (tertiary/aromatic N) is 1. The second-order valence-electron chi connectivity index (χ2n) is 8.65. The van der Waals surface area contributed by atoms with E-state index >= 15 is 0 Å². The van der Waals surface area contributed by atoms with Crippen LogP contribution in [-0.4, -0.2) is 44.7 Å². The van der Waals surface area contributed by atoms with Crippen LogP contribution in [0.1, 0.15) is 31.7 Å². The lowest BCUT2D eigenvalue weighted by Crippen LogP contribution is -2.35. The quantitative estimate of drug-likeness (QED) is 0.603. The third-order valence-electron chi connectivity index (χ3n) is 6.71. The Morgan fingerprint density at radius 2 is 1.81 bits per heavy atom. The smallest absolute Gasteiger partial charge is 0.228 e. The zero-order chi connectivity index (χ0) is 22.7. The molecule has 1 amide bonds. The third-order valence-corrected chi connectivity index (χ3v) is 7.01. The van der Waals surface area contributed by atoms with Gasteiger partial charge in [0.05, 0.1) is 25.8 Å².